The largest absolute Gasteiger partial charge is 0.393 e. The average Bonchev–Trinajstić information content (AvgIpc) is 2.27. The molecule has 0 saturated carbocycles. The third kappa shape index (κ3) is 4.18. The van der Waals surface area contributed by atoms with Gasteiger partial charge in [0, 0.05) is 19.1 Å². The van der Waals surface area contributed by atoms with Crippen LogP contribution in [0.2, 0.25) is 0 Å². The Balaban J connectivity index is 2.62. The Bertz CT molecular complexity index is 342. The number of hydrogen-bond acceptors (Lipinski definition) is 4. The Morgan fingerprint density at radius 2 is 2.12 bits per heavy atom. The summed E-state index contributed by atoms with van der Waals surface area (Å²) in [5.74, 6) is 0. The highest BCUT2D eigenvalue weighted by atomic mass is 32.2. The van der Waals surface area contributed by atoms with Crippen LogP contribution in [0.15, 0.2) is 0 Å². The molecule has 0 amide bonds. The lowest BCUT2D eigenvalue weighted by atomic mass is 10.1. The molecular formula is C10H22N2O4S. The highest BCUT2D eigenvalue weighted by Gasteiger charge is 2.31. The third-order valence-corrected chi connectivity index (χ3v) is 4.70. The van der Waals surface area contributed by atoms with E-state index in [4.69, 9.17) is 5.11 Å². The van der Waals surface area contributed by atoms with Crippen molar-refractivity contribution in [1.29, 1.82) is 0 Å². The normalized spacial score (nSPS) is 26.7. The number of hydrogen-bond donors (Lipinski definition) is 3. The first-order valence-electron chi connectivity index (χ1n) is 5.88. The van der Waals surface area contributed by atoms with Gasteiger partial charge in [0.05, 0.1) is 12.2 Å². The van der Waals surface area contributed by atoms with E-state index in [0.29, 0.717) is 6.54 Å². The number of aliphatic hydroxyl groups excluding tert-OH is 1. The summed E-state index contributed by atoms with van der Waals surface area (Å²) in [6.45, 7) is 3.11. The van der Waals surface area contributed by atoms with Gasteiger partial charge in [0.1, 0.15) is 0 Å². The lowest BCUT2D eigenvalue weighted by Crippen LogP contribution is -2.52. The predicted molar refractivity (Wildman–Crippen MR) is 64.7 cm³/mol. The summed E-state index contributed by atoms with van der Waals surface area (Å²) in [4.78, 5) is 0. The average molecular weight is 266 g/mol. The molecule has 1 saturated heterocycles. The molecule has 2 atom stereocenters. The van der Waals surface area contributed by atoms with Gasteiger partial charge >= 0.3 is 0 Å². The Labute approximate surface area is 103 Å². The van der Waals surface area contributed by atoms with Crippen molar-refractivity contribution in [2.75, 3.05) is 19.7 Å². The second-order valence-electron chi connectivity index (χ2n) is 4.94. The molecule has 1 aliphatic heterocycles. The van der Waals surface area contributed by atoms with Crippen LogP contribution in [0.4, 0.5) is 0 Å². The molecule has 0 radical (unpaired) electrons. The van der Waals surface area contributed by atoms with E-state index in [-0.39, 0.29) is 12.6 Å². The van der Waals surface area contributed by atoms with Gasteiger partial charge in [0.15, 0.2) is 0 Å². The maximum Gasteiger partial charge on any atom is 0.279 e. The fourth-order valence-corrected chi connectivity index (χ4v) is 3.42. The SMILES string of the molecule is CC1CCCCN1S(=O)(=O)NCC(C)(O)CO. The molecule has 1 rings (SSSR count). The van der Waals surface area contributed by atoms with Gasteiger partial charge in [-0.05, 0) is 26.7 Å². The first-order chi connectivity index (χ1) is 7.78. The van der Waals surface area contributed by atoms with E-state index in [1.54, 1.807) is 0 Å². The highest BCUT2D eigenvalue weighted by molar-refractivity contribution is 7.87. The molecule has 1 fully saturated rings. The molecule has 17 heavy (non-hydrogen) atoms. The van der Waals surface area contributed by atoms with Crippen molar-refractivity contribution in [3.05, 3.63) is 0 Å². The van der Waals surface area contributed by atoms with Gasteiger partial charge in [-0.25, -0.2) is 0 Å². The van der Waals surface area contributed by atoms with Gasteiger partial charge in [0.2, 0.25) is 0 Å². The van der Waals surface area contributed by atoms with Crippen LogP contribution in [0, 0.1) is 0 Å². The van der Waals surface area contributed by atoms with Crippen molar-refractivity contribution in [1.82, 2.24) is 9.03 Å². The molecule has 0 spiro atoms. The summed E-state index contributed by atoms with van der Waals surface area (Å²) in [6.07, 6.45) is 2.76. The van der Waals surface area contributed by atoms with Crippen LogP contribution in [0.25, 0.3) is 0 Å². The lowest BCUT2D eigenvalue weighted by molar-refractivity contribution is 0.00642. The van der Waals surface area contributed by atoms with E-state index in [1.165, 1.54) is 11.2 Å². The molecule has 2 unspecified atom stereocenters. The monoisotopic (exact) mass is 266 g/mol. The van der Waals surface area contributed by atoms with Crippen LogP contribution in [0.1, 0.15) is 33.1 Å². The summed E-state index contributed by atoms with van der Waals surface area (Å²) in [7, 11) is -3.56. The highest BCUT2D eigenvalue weighted by Crippen LogP contribution is 2.19. The number of nitrogens with one attached hydrogen (secondary N) is 1. The molecule has 6 nitrogen and oxygen atoms in total. The van der Waals surface area contributed by atoms with E-state index in [0.717, 1.165) is 19.3 Å². The first kappa shape index (κ1) is 14.8. The zero-order chi connectivity index (χ0) is 13.1. The summed E-state index contributed by atoms with van der Waals surface area (Å²) in [6, 6.07) is -0.0136. The van der Waals surface area contributed by atoms with Gasteiger partial charge < -0.3 is 10.2 Å². The summed E-state index contributed by atoms with van der Waals surface area (Å²) in [5, 5.41) is 18.4. The quantitative estimate of drug-likeness (QED) is 0.622. The van der Waals surface area contributed by atoms with Gasteiger partial charge in [0.25, 0.3) is 10.2 Å². The van der Waals surface area contributed by atoms with Crippen molar-refractivity contribution in [3.63, 3.8) is 0 Å². The molecule has 1 heterocycles. The van der Waals surface area contributed by atoms with Crippen LogP contribution in [0.3, 0.4) is 0 Å². The van der Waals surface area contributed by atoms with E-state index in [9.17, 15) is 13.5 Å². The van der Waals surface area contributed by atoms with Crippen molar-refractivity contribution in [2.24, 2.45) is 0 Å². The van der Waals surface area contributed by atoms with Crippen molar-refractivity contribution in [3.8, 4) is 0 Å². The second-order valence-corrected chi connectivity index (χ2v) is 6.64. The molecule has 0 aromatic rings. The number of nitrogens with zero attached hydrogens (tertiary/aromatic N) is 1. The molecule has 0 bridgehead atoms. The number of aliphatic hydroxyl groups is 2. The number of piperidine rings is 1. The standard InChI is InChI=1S/C10H22N2O4S/c1-9-5-3-4-6-12(9)17(15,16)11-7-10(2,14)8-13/h9,11,13-14H,3-8H2,1-2H3. The van der Waals surface area contributed by atoms with E-state index in [1.807, 2.05) is 6.92 Å². The Hall–Kier alpha value is -0.210. The van der Waals surface area contributed by atoms with E-state index >= 15 is 0 Å². The van der Waals surface area contributed by atoms with Crippen LogP contribution in [-0.4, -0.2) is 54.3 Å². The summed E-state index contributed by atoms with van der Waals surface area (Å²) >= 11 is 0. The smallest absolute Gasteiger partial charge is 0.279 e. The minimum Gasteiger partial charge on any atom is -0.393 e. The van der Waals surface area contributed by atoms with E-state index < -0.39 is 22.4 Å². The van der Waals surface area contributed by atoms with Crippen molar-refractivity contribution in [2.45, 2.75) is 44.8 Å². The van der Waals surface area contributed by atoms with E-state index in [2.05, 4.69) is 4.72 Å². The zero-order valence-electron chi connectivity index (χ0n) is 10.4. The fourth-order valence-electron chi connectivity index (χ4n) is 1.81. The second kappa shape index (κ2) is 5.62. The minimum absolute atomic E-state index is 0.0136. The van der Waals surface area contributed by atoms with Gasteiger partial charge in [-0.2, -0.15) is 17.4 Å². The first-order valence-corrected chi connectivity index (χ1v) is 7.32. The molecule has 3 N–H and O–H groups in total. The Morgan fingerprint density at radius 3 is 2.65 bits per heavy atom. The number of rotatable bonds is 5. The third-order valence-electron chi connectivity index (χ3n) is 3.03. The van der Waals surface area contributed by atoms with Crippen LogP contribution < -0.4 is 4.72 Å². The Kier molecular flexibility index (Phi) is 4.91. The van der Waals surface area contributed by atoms with Gasteiger partial charge in [-0.3, -0.25) is 0 Å². The molecule has 1 aliphatic rings. The van der Waals surface area contributed by atoms with Crippen molar-refractivity contribution < 1.29 is 18.6 Å². The van der Waals surface area contributed by atoms with Gasteiger partial charge in [-0.1, -0.05) is 6.42 Å². The predicted octanol–water partition coefficient (Wildman–Crippen LogP) is -0.561. The molecule has 0 aromatic carbocycles. The van der Waals surface area contributed by atoms with Gasteiger partial charge in [-0.15, -0.1) is 0 Å². The topological polar surface area (TPSA) is 89.9 Å². The minimum atomic E-state index is -3.56. The molecule has 0 aromatic heterocycles. The van der Waals surface area contributed by atoms with Crippen molar-refractivity contribution >= 4 is 10.2 Å². The maximum absolute atomic E-state index is 12.0. The zero-order valence-corrected chi connectivity index (χ0v) is 11.2. The Morgan fingerprint density at radius 1 is 1.47 bits per heavy atom. The summed E-state index contributed by atoms with van der Waals surface area (Å²) in [5.41, 5.74) is -1.42. The fraction of sp³-hybridized carbons (Fsp3) is 1.00. The van der Waals surface area contributed by atoms with Crippen LogP contribution >= 0.6 is 0 Å². The maximum atomic E-state index is 12.0. The van der Waals surface area contributed by atoms with Crippen LogP contribution in [0.5, 0.6) is 0 Å². The van der Waals surface area contributed by atoms with Crippen LogP contribution in [-0.2, 0) is 10.2 Å². The molecular weight excluding hydrogens is 244 g/mol. The molecule has 7 heteroatoms. The summed E-state index contributed by atoms with van der Waals surface area (Å²) < 4.78 is 27.7. The molecule has 102 valence electrons. The molecule has 0 aliphatic carbocycles. The lowest BCUT2D eigenvalue weighted by Gasteiger charge is -2.33.